The van der Waals surface area contributed by atoms with Crippen molar-refractivity contribution in [1.82, 2.24) is 0 Å². The van der Waals surface area contributed by atoms with E-state index in [9.17, 15) is 0 Å². The van der Waals surface area contributed by atoms with Crippen LogP contribution in [0.5, 0.6) is 0 Å². The summed E-state index contributed by atoms with van der Waals surface area (Å²) >= 11 is 6.61. The molecule has 0 bridgehead atoms. The molecule has 1 fully saturated rings. The number of rotatable bonds is 2. The molecule has 0 unspecified atom stereocenters. The lowest BCUT2D eigenvalue weighted by molar-refractivity contribution is -0.0268. The normalized spacial score (nSPS) is 31.8. The first-order valence-corrected chi connectivity index (χ1v) is 11.3. The van der Waals surface area contributed by atoms with E-state index in [0.29, 0.717) is 12.2 Å². The molecule has 0 radical (unpaired) electrons. The average molecular weight is 287 g/mol. The fraction of sp³-hybridized carbons (Fsp3) is 0.867. The van der Waals surface area contributed by atoms with Gasteiger partial charge in [-0.05, 0) is 30.9 Å². The highest BCUT2D eigenvalue weighted by Gasteiger charge is 2.39. The molecule has 0 amide bonds. The lowest BCUT2D eigenvalue weighted by atomic mass is 9.84. The van der Waals surface area contributed by atoms with Gasteiger partial charge in [-0.2, -0.15) is 0 Å². The van der Waals surface area contributed by atoms with Crippen LogP contribution in [0.3, 0.4) is 0 Å². The van der Waals surface area contributed by atoms with Gasteiger partial charge >= 0.3 is 0 Å². The van der Waals surface area contributed by atoms with E-state index < -0.39 is 8.07 Å². The summed E-state index contributed by atoms with van der Waals surface area (Å²) < 4.78 is 6.33. The zero-order chi connectivity index (χ0) is 13.3. The maximum Gasteiger partial charge on any atom is 0.0796 e. The molecule has 18 heavy (non-hydrogen) atoms. The van der Waals surface area contributed by atoms with Gasteiger partial charge in [0, 0.05) is 11.5 Å². The van der Waals surface area contributed by atoms with E-state index in [0.717, 1.165) is 17.4 Å². The summed E-state index contributed by atoms with van der Waals surface area (Å²) in [6, 6.07) is 0. The molecule has 1 aliphatic heterocycles. The number of ether oxygens (including phenoxy) is 1. The molecule has 2 atom stereocenters. The van der Waals surface area contributed by atoms with Gasteiger partial charge in [0.15, 0.2) is 0 Å². The van der Waals surface area contributed by atoms with Crippen molar-refractivity contribution in [3.05, 3.63) is 10.2 Å². The third-order valence-electron chi connectivity index (χ3n) is 4.31. The van der Waals surface area contributed by atoms with Gasteiger partial charge in [0.2, 0.25) is 0 Å². The Balaban J connectivity index is 2.27. The second-order valence-electron chi connectivity index (χ2n) is 7.04. The second-order valence-corrected chi connectivity index (χ2v) is 12.5. The first kappa shape index (κ1) is 14.6. The Bertz CT molecular complexity index is 326. The summed E-state index contributed by atoms with van der Waals surface area (Å²) in [7, 11) is -1.37. The van der Waals surface area contributed by atoms with Crippen molar-refractivity contribution in [3.63, 3.8) is 0 Å². The standard InChI is InChI=1S/C15H27ClOSi/c1-11-10-13(16)15(18(2,3)4)14(17-11)12-8-6-5-7-9-12/h11-12,14H,5-10H2,1-4H3/t11-,14+/m0/s1. The molecule has 0 aromatic heterocycles. The van der Waals surface area contributed by atoms with Gasteiger partial charge in [-0.25, -0.2) is 0 Å². The first-order valence-electron chi connectivity index (χ1n) is 7.44. The van der Waals surface area contributed by atoms with E-state index in [1.807, 2.05) is 0 Å². The molecule has 2 aliphatic rings. The second kappa shape index (κ2) is 5.68. The Morgan fingerprint density at radius 2 is 1.72 bits per heavy atom. The van der Waals surface area contributed by atoms with Gasteiger partial charge in [0.25, 0.3) is 0 Å². The topological polar surface area (TPSA) is 9.23 Å². The number of hydrogen-bond acceptors (Lipinski definition) is 1. The summed E-state index contributed by atoms with van der Waals surface area (Å²) in [5, 5.41) is 2.64. The Hall–Kier alpha value is 0.207. The van der Waals surface area contributed by atoms with Gasteiger partial charge in [-0.3, -0.25) is 0 Å². The Morgan fingerprint density at radius 1 is 1.11 bits per heavy atom. The maximum atomic E-state index is 6.61. The highest BCUT2D eigenvalue weighted by atomic mass is 35.5. The molecule has 1 heterocycles. The van der Waals surface area contributed by atoms with Gasteiger partial charge in [-0.1, -0.05) is 50.5 Å². The van der Waals surface area contributed by atoms with E-state index in [1.165, 1.54) is 37.3 Å². The molecule has 1 nitrogen and oxygen atoms in total. The Labute approximate surface area is 118 Å². The molecule has 0 aromatic carbocycles. The summed E-state index contributed by atoms with van der Waals surface area (Å²) in [6.45, 7) is 9.37. The zero-order valence-corrected chi connectivity index (χ0v) is 14.0. The molecule has 0 aromatic rings. The summed E-state index contributed by atoms with van der Waals surface area (Å²) in [5.74, 6) is 0.719. The van der Waals surface area contributed by atoms with Crippen LogP contribution in [0.1, 0.15) is 45.4 Å². The van der Waals surface area contributed by atoms with Crippen molar-refractivity contribution in [2.45, 2.75) is 77.3 Å². The predicted molar refractivity (Wildman–Crippen MR) is 81.8 cm³/mol. The van der Waals surface area contributed by atoms with Crippen LogP contribution in [-0.4, -0.2) is 20.3 Å². The van der Waals surface area contributed by atoms with E-state index in [2.05, 4.69) is 26.6 Å². The lowest BCUT2D eigenvalue weighted by Gasteiger charge is -2.42. The molecule has 1 saturated carbocycles. The highest BCUT2D eigenvalue weighted by molar-refractivity contribution is 6.84. The number of halogens is 1. The Kier molecular flexibility index (Phi) is 4.61. The first-order chi connectivity index (χ1) is 8.39. The quantitative estimate of drug-likeness (QED) is 0.641. The fourth-order valence-corrected chi connectivity index (χ4v) is 6.75. The van der Waals surface area contributed by atoms with Gasteiger partial charge in [0.05, 0.1) is 20.3 Å². The van der Waals surface area contributed by atoms with Crippen LogP contribution >= 0.6 is 11.6 Å². The number of hydrogen-bond donors (Lipinski definition) is 0. The molecular formula is C15H27ClOSi. The molecule has 0 spiro atoms. The van der Waals surface area contributed by atoms with Gasteiger partial charge in [0.1, 0.15) is 0 Å². The molecule has 1 aliphatic carbocycles. The molecule has 0 saturated heterocycles. The van der Waals surface area contributed by atoms with Crippen molar-refractivity contribution in [1.29, 1.82) is 0 Å². The van der Waals surface area contributed by atoms with Crippen LogP contribution in [0.15, 0.2) is 10.2 Å². The molecule has 104 valence electrons. The minimum Gasteiger partial charge on any atom is -0.371 e. The van der Waals surface area contributed by atoms with Crippen molar-refractivity contribution < 1.29 is 4.74 Å². The fourth-order valence-electron chi connectivity index (χ4n) is 3.50. The van der Waals surface area contributed by atoms with Crippen LogP contribution in [0.4, 0.5) is 0 Å². The van der Waals surface area contributed by atoms with Gasteiger partial charge in [-0.15, -0.1) is 0 Å². The van der Waals surface area contributed by atoms with Crippen molar-refractivity contribution in [3.8, 4) is 0 Å². The lowest BCUT2D eigenvalue weighted by Crippen LogP contribution is -2.43. The van der Waals surface area contributed by atoms with E-state index in [4.69, 9.17) is 16.3 Å². The third kappa shape index (κ3) is 3.20. The molecule has 2 rings (SSSR count). The van der Waals surface area contributed by atoms with E-state index in [1.54, 1.807) is 0 Å². The smallest absolute Gasteiger partial charge is 0.0796 e. The molecule has 0 N–H and O–H groups in total. The highest BCUT2D eigenvalue weighted by Crippen LogP contribution is 2.41. The van der Waals surface area contributed by atoms with Crippen LogP contribution < -0.4 is 0 Å². The molecule has 3 heteroatoms. The van der Waals surface area contributed by atoms with E-state index >= 15 is 0 Å². The third-order valence-corrected chi connectivity index (χ3v) is 7.03. The average Bonchev–Trinajstić information content (AvgIpc) is 2.27. The molecular weight excluding hydrogens is 260 g/mol. The van der Waals surface area contributed by atoms with Gasteiger partial charge < -0.3 is 4.74 Å². The summed E-state index contributed by atoms with van der Waals surface area (Å²) in [4.78, 5) is 0. The Morgan fingerprint density at radius 3 is 2.28 bits per heavy atom. The SMILES string of the molecule is C[C@H]1CC(Cl)=C([Si](C)(C)C)[C@@H](C2CCCCC2)O1. The summed E-state index contributed by atoms with van der Waals surface area (Å²) in [6.07, 6.45) is 8.34. The zero-order valence-electron chi connectivity index (χ0n) is 12.3. The summed E-state index contributed by atoms with van der Waals surface area (Å²) in [5.41, 5.74) is 0. The van der Waals surface area contributed by atoms with Crippen LogP contribution in [0.25, 0.3) is 0 Å². The van der Waals surface area contributed by atoms with Crippen molar-refractivity contribution in [2.75, 3.05) is 0 Å². The van der Waals surface area contributed by atoms with E-state index in [-0.39, 0.29) is 0 Å². The van der Waals surface area contributed by atoms with Crippen molar-refractivity contribution >= 4 is 19.7 Å². The predicted octanol–water partition coefficient (Wildman–Crippen LogP) is 5.11. The minimum absolute atomic E-state index is 0.296. The van der Waals surface area contributed by atoms with Crippen LogP contribution in [-0.2, 0) is 4.74 Å². The van der Waals surface area contributed by atoms with Crippen LogP contribution in [0.2, 0.25) is 19.6 Å². The van der Waals surface area contributed by atoms with Crippen LogP contribution in [0, 0.1) is 5.92 Å². The minimum atomic E-state index is -1.37. The maximum absolute atomic E-state index is 6.61. The largest absolute Gasteiger partial charge is 0.371 e. The monoisotopic (exact) mass is 286 g/mol. The van der Waals surface area contributed by atoms with Crippen molar-refractivity contribution in [2.24, 2.45) is 5.92 Å².